The van der Waals surface area contributed by atoms with Crippen LogP contribution >= 0.6 is 23.2 Å². The third kappa shape index (κ3) is 41.7. The first-order valence-electron chi connectivity index (χ1n) is 43.5. The number of likely N-dealkylation sites (N-methyl/N-ethyl adjacent to an activating group) is 1. The van der Waals surface area contributed by atoms with Crippen molar-refractivity contribution in [3.05, 3.63) is 252 Å². The molecular weight excluding hydrogens is 1750 g/mol. The molecule has 0 aliphatic carbocycles. The summed E-state index contributed by atoms with van der Waals surface area (Å²) in [7, 11) is 43.7. The van der Waals surface area contributed by atoms with Crippen molar-refractivity contribution in [2.24, 2.45) is 0 Å². The van der Waals surface area contributed by atoms with Crippen molar-refractivity contribution in [3.8, 4) is 11.5 Å². The van der Waals surface area contributed by atoms with Crippen LogP contribution in [0.4, 0.5) is 51.2 Å². The average molecular weight is 1900 g/mol. The van der Waals surface area contributed by atoms with Crippen LogP contribution in [0, 0.1) is 6.92 Å². The van der Waals surface area contributed by atoms with E-state index in [-0.39, 0.29) is 76.0 Å². The Bertz CT molecular complexity index is 5240. The third-order valence-electron chi connectivity index (χ3n) is 19.8. The lowest BCUT2D eigenvalue weighted by atomic mass is 9.85. The molecule has 9 aromatic rings. The summed E-state index contributed by atoms with van der Waals surface area (Å²) in [6.07, 6.45) is 0. The maximum absolute atomic E-state index is 12.3. The quantitative estimate of drug-likeness (QED) is 0.0300. The molecule has 0 heterocycles. The number of hydrogen-bond acceptors (Lipinski definition) is 21. The number of carbonyl (C=O) groups is 9. The van der Waals surface area contributed by atoms with E-state index in [1.807, 2.05) is 139 Å². The molecule has 9 aromatic carbocycles. The van der Waals surface area contributed by atoms with E-state index in [0.29, 0.717) is 67.0 Å². The highest BCUT2D eigenvalue weighted by molar-refractivity contribution is 6.31. The van der Waals surface area contributed by atoms with Gasteiger partial charge in [-0.05, 0) is 197 Å². The van der Waals surface area contributed by atoms with Crippen LogP contribution in [0.5, 0.6) is 11.5 Å². The second kappa shape index (κ2) is 58.5. The zero-order valence-corrected chi connectivity index (χ0v) is 87.5. The van der Waals surface area contributed by atoms with Crippen LogP contribution in [-0.2, 0) is 16.2 Å². The number of nitrogens with one attached hydrogen (secondary N) is 12. The van der Waals surface area contributed by atoms with Crippen molar-refractivity contribution in [2.45, 2.75) is 85.5 Å². The molecule has 0 radical (unpaired) electrons. The van der Waals surface area contributed by atoms with Gasteiger partial charge in [0.1, 0.15) is 11.5 Å². The predicted octanol–water partition coefficient (Wildman–Crippen LogP) is 16.4. The second-order valence-corrected chi connectivity index (χ2v) is 35.5. The molecule has 30 nitrogen and oxygen atoms in total. The van der Waals surface area contributed by atoms with Gasteiger partial charge >= 0.3 is 0 Å². The second-order valence-electron chi connectivity index (χ2n) is 34.6. The summed E-state index contributed by atoms with van der Waals surface area (Å²) in [5.41, 5.74) is 18.6. The van der Waals surface area contributed by atoms with Gasteiger partial charge in [0.05, 0.1) is 20.8 Å². The van der Waals surface area contributed by atoms with Crippen molar-refractivity contribution in [2.75, 3.05) is 237 Å². The van der Waals surface area contributed by atoms with E-state index >= 15 is 0 Å². The number of aliphatic hydroxyl groups excluding tert-OH is 1. The van der Waals surface area contributed by atoms with E-state index in [0.717, 1.165) is 84.6 Å². The number of ether oxygens (including phenoxy) is 2. The summed E-state index contributed by atoms with van der Waals surface area (Å²) in [5.74, 6) is 0.872. The van der Waals surface area contributed by atoms with Gasteiger partial charge < -0.3 is 108 Å². The first kappa shape index (κ1) is 120. The number of methoxy groups -OCH3 is 2. The number of hydrogen-bond donors (Lipinski definition) is 13. The SMILES string of the molecule is CNC(=O)c1cc(Cl)cc(NC)c1.CNC(=O)c1cc(NC)cc(C(C)(C)C)c1.CNC(=O)c1cc(NC)cc(OC)c1.CNC(=O)c1cccc(N(C)C)c1.CNc1cc(C(=O)N(C)C)cc(C(C)(C)C)c1.CNc1cc(C(=O)N(C)CCO)cc(C(C)(C)C)c1.CNc1cc(C)cc(C(=O)N(C)C)c1.CNc1cc(Cl)cc(C(=O)N(C)C)c1.CNc1cc(OC)cc(C(=O)N(C)C)c1. The summed E-state index contributed by atoms with van der Waals surface area (Å²) in [6.45, 7) is 21.5. The molecular formula is C103H150Cl2N18O12. The summed E-state index contributed by atoms with van der Waals surface area (Å²) in [4.78, 5) is 114. The third-order valence-corrected chi connectivity index (χ3v) is 20.3. The zero-order chi connectivity index (χ0) is 103. The maximum Gasteiger partial charge on any atom is 0.253 e. The molecule has 0 fully saturated rings. The topological polar surface area (TPSA) is 356 Å². The summed E-state index contributed by atoms with van der Waals surface area (Å²) >= 11 is 11.7. The lowest BCUT2D eigenvalue weighted by molar-refractivity contribution is 0.0764. The molecule has 9 rings (SSSR count). The Morgan fingerprint density at radius 3 is 0.859 bits per heavy atom. The highest BCUT2D eigenvalue weighted by Crippen LogP contribution is 2.32. The van der Waals surface area contributed by atoms with Crippen molar-refractivity contribution >= 4 is 128 Å². The molecule has 135 heavy (non-hydrogen) atoms. The van der Waals surface area contributed by atoms with Gasteiger partial charge in [-0.3, -0.25) is 43.2 Å². The minimum Gasteiger partial charge on any atom is -0.497 e. The van der Waals surface area contributed by atoms with Crippen molar-refractivity contribution in [1.82, 2.24) is 45.8 Å². The number of benzene rings is 9. The van der Waals surface area contributed by atoms with Crippen molar-refractivity contribution in [3.63, 3.8) is 0 Å². The Balaban J connectivity index is 0.000000761. The molecule has 0 saturated carbocycles. The predicted molar refractivity (Wildman–Crippen MR) is 562 cm³/mol. The van der Waals surface area contributed by atoms with Gasteiger partial charge in [0.25, 0.3) is 53.2 Å². The lowest BCUT2D eigenvalue weighted by Crippen LogP contribution is -2.29. The van der Waals surface area contributed by atoms with Gasteiger partial charge in [-0.1, -0.05) is 91.6 Å². The molecule has 0 aliphatic heterocycles. The Labute approximate surface area is 812 Å². The van der Waals surface area contributed by atoms with Gasteiger partial charge in [-0.2, -0.15) is 0 Å². The fraction of sp³-hybridized carbons (Fsp3) is 0.388. The minimum absolute atomic E-state index is 0.0164. The molecule has 9 amide bonds. The largest absolute Gasteiger partial charge is 0.497 e. The number of amides is 9. The molecule has 0 saturated heterocycles. The summed E-state index contributed by atoms with van der Waals surface area (Å²) in [6, 6.07) is 51.9. The van der Waals surface area contributed by atoms with Crippen LogP contribution in [0.1, 0.15) is 178 Å². The highest BCUT2D eigenvalue weighted by atomic mass is 35.5. The number of aryl methyl sites for hydroxylation is 1. The molecule has 0 spiro atoms. The number of rotatable bonds is 22. The molecule has 738 valence electrons. The van der Waals surface area contributed by atoms with E-state index < -0.39 is 0 Å². The Hall–Kier alpha value is -13.5. The average Bonchev–Trinajstić information content (AvgIpc) is 0.865. The van der Waals surface area contributed by atoms with Crippen molar-refractivity contribution < 1.29 is 57.7 Å². The minimum atomic E-state index is -0.140. The highest BCUT2D eigenvalue weighted by Gasteiger charge is 2.23. The molecule has 0 atom stereocenters. The molecule has 13 N–H and O–H groups in total. The van der Waals surface area contributed by atoms with Gasteiger partial charge in [-0.25, -0.2) is 0 Å². The van der Waals surface area contributed by atoms with Crippen LogP contribution in [-0.4, -0.2) is 272 Å². The van der Waals surface area contributed by atoms with Crippen molar-refractivity contribution in [1.29, 1.82) is 0 Å². The van der Waals surface area contributed by atoms with E-state index in [2.05, 4.69) is 144 Å². The van der Waals surface area contributed by atoms with Gasteiger partial charge in [0.15, 0.2) is 0 Å². The van der Waals surface area contributed by atoms with Crippen LogP contribution in [0.25, 0.3) is 0 Å². The zero-order valence-electron chi connectivity index (χ0n) is 86.0. The number of carbonyl (C=O) groups excluding carboxylic acids is 9. The smallest absolute Gasteiger partial charge is 0.253 e. The number of nitrogens with zero attached hydrogens (tertiary/aromatic N) is 6. The standard InChI is InChI=1S/C15H24N2O2.C14H22N2O.C13H20N2O.C11H16N2O2.C11H16N2O.C10H13ClN2O.C10H14N2O2.C10H14N2O.C9H11ClN2O/c1-15(2,3)12-8-11(9-13(10-12)16-4)14(19)17(5)6-7-18;1-14(2,3)11-7-10(13(17)16(5)6)8-12(9-11)15-4;1-13(2,3)10-6-9(12(16)15-5)7-11(8-10)14-4;1-12-9-5-8(11(14)13(2)3)6-10(7-9)15-4;1-8-5-9(11(14)13(3)4)7-10(6-8)12-2;1-12-9-5-7(4-8(11)6-9)10(14)13(2)3;1-11-8-4-7(10(13)12-2)5-9(6-8)14-3;1-11-10(13)8-5-4-6-9(7-8)12(2)3;1-11-8-4-6(9(13)12-2)3-7(10)5-8/h8-10,16,18H,6-7H2,1-5H3;7-9,15H,1-6H3;6-8,14H,1-5H3,(H,15,16);5-7,12H,1-4H3;5-7,12H,1-4H3;4-6,12H,1-3H3;4-6,11H,1-3H3,(H,12,13);4-7H,1-3H3,(H,11,13);3-5,11H,1-2H3,(H,12,13). The Kier molecular flexibility index (Phi) is 51.8. The van der Waals surface area contributed by atoms with Gasteiger partial charge in [0.2, 0.25) is 0 Å². The molecule has 0 aromatic heterocycles. The molecule has 0 bridgehead atoms. The summed E-state index contributed by atoms with van der Waals surface area (Å²) in [5, 5.41) is 44.5. The number of anilines is 9. The fourth-order valence-corrected chi connectivity index (χ4v) is 12.2. The lowest BCUT2D eigenvalue weighted by Gasteiger charge is -2.22. The fourth-order valence-electron chi connectivity index (χ4n) is 11.8. The van der Waals surface area contributed by atoms with E-state index in [1.165, 1.54) is 14.7 Å². The number of halogens is 2. The first-order valence-corrected chi connectivity index (χ1v) is 44.3. The first-order chi connectivity index (χ1) is 63.1. The van der Waals surface area contributed by atoms with Crippen LogP contribution in [0.2, 0.25) is 10.0 Å². The van der Waals surface area contributed by atoms with E-state index in [9.17, 15) is 43.2 Å². The Morgan fingerprint density at radius 2 is 0.556 bits per heavy atom. The van der Waals surface area contributed by atoms with Gasteiger partial charge in [-0.15, -0.1) is 0 Å². The Morgan fingerprint density at radius 1 is 0.304 bits per heavy atom. The van der Waals surface area contributed by atoms with Gasteiger partial charge in [0, 0.05) is 292 Å². The van der Waals surface area contributed by atoms with Crippen LogP contribution < -0.4 is 78.2 Å². The van der Waals surface area contributed by atoms with Crippen LogP contribution in [0.15, 0.2) is 170 Å². The van der Waals surface area contributed by atoms with E-state index in [4.69, 9.17) is 37.8 Å². The molecule has 0 aliphatic rings. The monoisotopic (exact) mass is 1900 g/mol. The van der Waals surface area contributed by atoms with Crippen LogP contribution in [0.3, 0.4) is 0 Å². The van der Waals surface area contributed by atoms with E-state index in [1.54, 1.807) is 211 Å². The summed E-state index contributed by atoms with van der Waals surface area (Å²) < 4.78 is 10.2. The molecule has 32 heteroatoms. The number of aliphatic hydroxyl groups is 1. The normalized spacial score (nSPS) is 10.2. The molecule has 0 unspecified atom stereocenters. The maximum atomic E-state index is 12.3.